The number of rotatable bonds is 6. The molecular formula is C22H33ClIN5O. The Balaban J connectivity index is 0.00000320. The first-order valence-corrected chi connectivity index (χ1v) is 10.7. The summed E-state index contributed by atoms with van der Waals surface area (Å²) >= 11 is 6.11. The molecule has 2 heterocycles. The van der Waals surface area contributed by atoms with Gasteiger partial charge in [-0.05, 0) is 70.3 Å². The van der Waals surface area contributed by atoms with E-state index in [1.165, 1.54) is 0 Å². The van der Waals surface area contributed by atoms with Crippen LogP contribution in [-0.4, -0.2) is 42.5 Å². The number of nitrogens with zero attached hydrogens (tertiary/aromatic N) is 3. The van der Waals surface area contributed by atoms with Crippen molar-refractivity contribution < 1.29 is 4.42 Å². The summed E-state index contributed by atoms with van der Waals surface area (Å²) in [6, 6.07) is 8.06. The zero-order chi connectivity index (χ0) is 20.8. The summed E-state index contributed by atoms with van der Waals surface area (Å²) in [6.45, 7) is 9.94. The quantitative estimate of drug-likeness (QED) is 0.313. The number of nitrogens with one attached hydrogen (secondary N) is 2. The molecule has 1 saturated heterocycles. The summed E-state index contributed by atoms with van der Waals surface area (Å²) in [5, 5.41) is 7.69. The van der Waals surface area contributed by atoms with Gasteiger partial charge in [0, 0.05) is 18.6 Å². The predicted octanol–water partition coefficient (Wildman–Crippen LogP) is 4.70. The lowest BCUT2D eigenvalue weighted by Gasteiger charge is -2.31. The van der Waals surface area contributed by atoms with E-state index < -0.39 is 0 Å². The van der Waals surface area contributed by atoms with Gasteiger partial charge in [0.2, 0.25) is 5.89 Å². The number of halogens is 2. The average molecular weight is 546 g/mol. The molecule has 166 valence electrons. The van der Waals surface area contributed by atoms with Crippen molar-refractivity contribution in [1.29, 1.82) is 0 Å². The van der Waals surface area contributed by atoms with E-state index in [-0.39, 0.29) is 30.0 Å². The van der Waals surface area contributed by atoms with Gasteiger partial charge >= 0.3 is 0 Å². The summed E-state index contributed by atoms with van der Waals surface area (Å²) < 4.78 is 5.72. The third-order valence-corrected chi connectivity index (χ3v) is 5.86. The van der Waals surface area contributed by atoms with Crippen molar-refractivity contribution in [3.05, 3.63) is 52.2 Å². The van der Waals surface area contributed by atoms with Gasteiger partial charge in [-0.25, -0.2) is 4.98 Å². The first-order valence-electron chi connectivity index (χ1n) is 10.3. The predicted molar refractivity (Wildman–Crippen MR) is 134 cm³/mol. The lowest BCUT2D eigenvalue weighted by Crippen LogP contribution is -2.43. The first-order chi connectivity index (χ1) is 13.9. The van der Waals surface area contributed by atoms with Crippen LogP contribution in [-0.2, 0) is 6.54 Å². The molecule has 0 spiro atoms. The van der Waals surface area contributed by atoms with Gasteiger partial charge in [0.05, 0.1) is 18.3 Å². The van der Waals surface area contributed by atoms with Gasteiger partial charge in [-0.15, -0.1) is 24.0 Å². The summed E-state index contributed by atoms with van der Waals surface area (Å²) in [6.07, 6.45) is 2.32. The summed E-state index contributed by atoms with van der Waals surface area (Å²) in [5.41, 5.74) is 2.13. The average Bonchev–Trinajstić information content (AvgIpc) is 3.03. The fourth-order valence-electron chi connectivity index (χ4n) is 3.65. The second kappa shape index (κ2) is 11.9. The number of hydrogen-bond donors (Lipinski definition) is 2. The van der Waals surface area contributed by atoms with Crippen molar-refractivity contribution in [3.8, 4) is 0 Å². The normalized spacial score (nSPS) is 16.8. The molecule has 1 unspecified atom stereocenters. The number of benzene rings is 1. The van der Waals surface area contributed by atoms with E-state index in [0.717, 1.165) is 72.9 Å². The highest BCUT2D eigenvalue weighted by molar-refractivity contribution is 14.0. The minimum absolute atomic E-state index is 0. The van der Waals surface area contributed by atoms with Crippen LogP contribution in [0.2, 0.25) is 5.02 Å². The third-order valence-electron chi connectivity index (χ3n) is 5.62. The van der Waals surface area contributed by atoms with Crippen molar-refractivity contribution in [1.82, 2.24) is 20.5 Å². The Bertz CT molecular complexity index is 813. The van der Waals surface area contributed by atoms with E-state index in [2.05, 4.69) is 38.5 Å². The molecule has 1 fully saturated rings. The molecule has 2 aromatic rings. The molecule has 1 atom stereocenters. The monoisotopic (exact) mass is 545 g/mol. The Morgan fingerprint density at radius 2 is 2.07 bits per heavy atom. The molecule has 0 saturated carbocycles. The third kappa shape index (κ3) is 7.13. The number of aromatic nitrogens is 1. The van der Waals surface area contributed by atoms with E-state index >= 15 is 0 Å². The number of piperidine rings is 1. The summed E-state index contributed by atoms with van der Waals surface area (Å²) in [5.74, 6) is 3.21. The van der Waals surface area contributed by atoms with Crippen LogP contribution in [0.3, 0.4) is 0 Å². The number of guanidine groups is 1. The van der Waals surface area contributed by atoms with Crippen molar-refractivity contribution in [2.75, 3.05) is 26.7 Å². The minimum Gasteiger partial charge on any atom is -0.444 e. The van der Waals surface area contributed by atoms with Gasteiger partial charge in [0.1, 0.15) is 5.76 Å². The number of aliphatic imine (C=N–C) groups is 1. The number of aryl methyl sites for hydroxylation is 2. The zero-order valence-corrected chi connectivity index (χ0v) is 21.3. The van der Waals surface area contributed by atoms with E-state index in [9.17, 15) is 0 Å². The Morgan fingerprint density at radius 1 is 1.33 bits per heavy atom. The van der Waals surface area contributed by atoms with Gasteiger partial charge in [-0.2, -0.15) is 0 Å². The molecule has 1 aliphatic rings. The molecule has 30 heavy (non-hydrogen) atoms. The van der Waals surface area contributed by atoms with Crippen LogP contribution in [0.1, 0.15) is 48.7 Å². The molecule has 1 aliphatic heterocycles. The maximum absolute atomic E-state index is 6.11. The van der Waals surface area contributed by atoms with E-state index in [1.807, 2.05) is 39.1 Å². The van der Waals surface area contributed by atoms with Crippen molar-refractivity contribution >= 4 is 41.5 Å². The highest BCUT2D eigenvalue weighted by Crippen LogP contribution is 2.20. The van der Waals surface area contributed by atoms with Crippen LogP contribution in [0, 0.1) is 19.8 Å². The second-order valence-corrected chi connectivity index (χ2v) is 8.28. The molecule has 0 radical (unpaired) electrons. The fraction of sp³-hybridized carbons (Fsp3) is 0.545. The van der Waals surface area contributed by atoms with Gasteiger partial charge in [-0.3, -0.25) is 9.89 Å². The molecule has 0 bridgehead atoms. The van der Waals surface area contributed by atoms with E-state index in [1.54, 1.807) is 0 Å². The standard InChI is InChI=1S/C22H32ClN5O.HI/c1-15-17(3)29-21(26-15)14-28-10-8-18(9-11-28)13-25-22(24-4)27-16(2)19-6-5-7-20(23)12-19;/h5-7,12,16,18H,8-11,13-14H2,1-4H3,(H2,24,25,27);1H. The van der Waals surface area contributed by atoms with Crippen LogP contribution in [0.25, 0.3) is 0 Å². The Morgan fingerprint density at radius 3 is 2.67 bits per heavy atom. The number of hydrogen-bond acceptors (Lipinski definition) is 4. The molecule has 3 rings (SSSR count). The molecule has 0 amide bonds. The molecule has 6 nitrogen and oxygen atoms in total. The van der Waals surface area contributed by atoms with Crippen molar-refractivity contribution in [2.45, 2.75) is 46.2 Å². The van der Waals surface area contributed by atoms with Crippen LogP contribution < -0.4 is 10.6 Å². The highest BCUT2D eigenvalue weighted by atomic mass is 127. The van der Waals surface area contributed by atoms with Gasteiger partial charge < -0.3 is 15.1 Å². The Labute approximate surface area is 201 Å². The molecule has 2 N–H and O–H groups in total. The van der Waals surface area contributed by atoms with Crippen LogP contribution in [0.4, 0.5) is 0 Å². The lowest BCUT2D eigenvalue weighted by atomic mass is 9.97. The summed E-state index contributed by atoms with van der Waals surface area (Å²) in [4.78, 5) is 11.3. The number of oxazole rings is 1. The van der Waals surface area contributed by atoms with Crippen LogP contribution in [0.5, 0.6) is 0 Å². The molecule has 1 aromatic heterocycles. The number of likely N-dealkylation sites (tertiary alicyclic amines) is 1. The van der Waals surface area contributed by atoms with Gasteiger partial charge in [0.25, 0.3) is 0 Å². The maximum Gasteiger partial charge on any atom is 0.208 e. The molecule has 1 aromatic carbocycles. The van der Waals surface area contributed by atoms with Crippen molar-refractivity contribution in [3.63, 3.8) is 0 Å². The zero-order valence-electron chi connectivity index (χ0n) is 18.2. The van der Waals surface area contributed by atoms with Crippen LogP contribution in [0.15, 0.2) is 33.7 Å². The van der Waals surface area contributed by atoms with Crippen molar-refractivity contribution in [2.24, 2.45) is 10.9 Å². The lowest BCUT2D eigenvalue weighted by molar-refractivity contribution is 0.164. The summed E-state index contributed by atoms with van der Waals surface area (Å²) in [7, 11) is 1.81. The second-order valence-electron chi connectivity index (χ2n) is 7.84. The molecule has 8 heteroatoms. The smallest absolute Gasteiger partial charge is 0.208 e. The first kappa shape index (κ1) is 24.9. The van der Waals surface area contributed by atoms with E-state index in [0.29, 0.717) is 5.92 Å². The highest BCUT2D eigenvalue weighted by Gasteiger charge is 2.21. The van der Waals surface area contributed by atoms with Gasteiger partial charge in [0.15, 0.2) is 5.96 Å². The Hall–Kier alpha value is -1.32. The topological polar surface area (TPSA) is 65.7 Å². The largest absolute Gasteiger partial charge is 0.444 e. The fourth-order valence-corrected chi connectivity index (χ4v) is 3.85. The maximum atomic E-state index is 6.11. The SMILES string of the molecule is CN=C(NCC1CCN(Cc2nc(C)c(C)o2)CC1)NC(C)c1cccc(Cl)c1.I. The molecule has 0 aliphatic carbocycles. The molecular weight excluding hydrogens is 513 g/mol. The van der Waals surface area contributed by atoms with Crippen LogP contribution >= 0.6 is 35.6 Å². The minimum atomic E-state index is 0. The Kier molecular flexibility index (Phi) is 9.90. The van der Waals surface area contributed by atoms with Gasteiger partial charge in [-0.1, -0.05) is 23.7 Å². The van der Waals surface area contributed by atoms with E-state index in [4.69, 9.17) is 16.0 Å².